The Labute approximate surface area is 149 Å². The molecule has 2 rings (SSSR count). The molecule has 2 amide bonds. The van der Waals surface area contributed by atoms with Gasteiger partial charge in [-0.2, -0.15) is 5.26 Å². The fraction of sp³-hybridized carbons (Fsp3) is 0.0556. The predicted molar refractivity (Wildman–Crippen MR) is 95.3 cm³/mol. The Morgan fingerprint density at radius 1 is 1.16 bits per heavy atom. The number of anilines is 1. The molecule has 0 heterocycles. The Balaban J connectivity index is 1.98. The van der Waals surface area contributed by atoms with Gasteiger partial charge in [0.15, 0.2) is 0 Å². The van der Waals surface area contributed by atoms with Gasteiger partial charge in [-0.05, 0) is 29.8 Å². The minimum absolute atomic E-state index is 0.225. The average Bonchev–Trinajstić information content (AvgIpc) is 2.62. The molecule has 4 N–H and O–H groups in total. The zero-order chi connectivity index (χ0) is 18.2. The van der Waals surface area contributed by atoms with Crippen LogP contribution in [0.15, 0.2) is 60.3 Å². The van der Waals surface area contributed by atoms with Crippen molar-refractivity contribution < 1.29 is 9.59 Å². The molecule has 0 fully saturated rings. The lowest BCUT2D eigenvalue weighted by atomic mass is 10.1. The van der Waals surface area contributed by atoms with Gasteiger partial charge in [-0.3, -0.25) is 9.59 Å². The maximum Gasteiger partial charge on any atom is 0.263 e. The Morgan fingerprint density at radius 2 is 1.84 bits per heavy atom. The van der Waals surface area contributed by atoms with Crippen molar-refractivity contribution in [3.05, 3.63) is 76.5 Å². The second-order valence-electron chi connectivity index (χ2n) is 5.04. The summed E-state index contributed by atoms with van der Waals surface area (Å²) in [5, 5.41) is 14.7. The van der Waals surface area contributed by atoms with E-state index in [1.807, 2.05) is 0 Å². The smallest absolute Gasteiger partial charge is 0.263 e. The highest BCUT2D eigenvalue weighted by Gasteiger charge is 2.11. The highest BCUT2D eigenvalue weighted by atomic mass is 35.5. The van der Waals surface area contributed by atoms with E-state index >= 15 is 0 Å². The fourth-order valence-corrected chi connectivity index (χ4v) is 2.07. The molecule has 0 aliphatic rings. The molecule has 2 aromatic rings. The van der Waals surface area contributed by atoms with Crippen LogP contribution in [0.5, 0.6) is 0 Å². The van der Waals surface area contributed by atoms with Gasteiger partial charge in [0, 0.05) is 23.5 Å². The normalized spacial score (nSPS) is 10.6. The second-order valence-corrected chi connectivity index (χ2v) is 5.48. The third kappa shape index (κ3) is 5.09. The van der Waals surface area contributed by atoms with Gasteiger partial charge in [-0.25, -0.2) is 0 Å². The van der Waals surface area contributed by atoms with Crippen molar-refractivity contribution in [1.29, 1.82) is 5.26 Å². The van der Waals surface area contributed by atoms with Crippen LogP contribution in [-0.4, -0.2) is 11.8 Å². The summed E-state index contributed by atoms with van der Waals surface area (Å²) in [7, 11) is 0. The quantitative estimate of drug-likeness (QED) is 0.435. The molecule has 0 atom stereocenters. The average molecular weight is 355 g/mol. The van der Waals surface area contributed by atoms with E-state index in [2.05, 4.69) is 10.6 Å². The van der Waals surface area contributed by atoms with Gasteiger partial charge in [-0.15, -0.1) is 0 Å². The van der Waals surface area contributed by atoms with Crippen LogP contribution in [0.25, 0.3) is 0 Å². The van der Waals surface area contributed by atoms with E-state index in [1.54, 1.807) is 54.6 Å². The van der Waals surface area contributed by atoms with Gasteiger partial charge in [0.2, 0.25) is 0 Å². The number of hydrogen-bond acceptors (Lipinski definition) is 4. The summed E-state index contributed by atoms with van der Waals surface area (Å²) in [4.78, 5) is 24.1. The Morgan fingerprint density at radius 3 is 2.48 bits per heavy atom. The SMILES string of the molecule is N#C/C(=C/NC(=O)c1ccccc1N)C(=O)NCc1ccc(Cl)cc1. The van der Waals surface area contributed by atoms with Crippen LogP contribution in [0.4, 0.5) is 5.69 Å². The van der Waals surface area contributed by atoms with E-state index in [4.69, 9.17) is 22.6 Å². The summed E-state index contributed by atoms with van der Waals surface area (Å²) in [5.74, 6) is -1.10. The van der Waals surface area contributed by atoms with Crippen molar-refractivity contribution in [3.8, 4) is 6.07 Å². The lowest BCUT2D eigenvalue weighted by molar-refractivity contribution is -0.117. The number of rotatable bonds is 5. The van der Waals surface area contributed by atoms with Crippen molar-refractivity contribution in [2.24, 2.45) is 0 Å². The third-order valence-electron chi connectivity index (χ3n) is 3.28. The molecular formula is C18H15ClN4O2. The molecule has 7 heteroatoms. The summed E-state index contributed by atoms with van der Waals surface area (Å²) in [5.41, 5.74) is 6.88. The minimum Gasteiger partial charge on any atom is -0.398 e. The fourth-order valence-electron chi connectivity index (χ4n) is 1.95. The molecule has 0 radical (unpaired) electrons. The maximum atomic E-state index is 12.0. The lowest BCUT2D eigenvalue weighted by Gasteiger charge is -2.06. The number of para-hydroxylation sites is 1. The van der Waals surface area contributed by atoms with E-state index in [9.17, 15) is 9.59 Å². The number of nitrogens with zero attached hydrogens (tertiary/aromatic N) is 1. The first kappa shape index (κ1) is 18.0. The van der Waals surface area contributed by atoms with Crippen LogP contribution in [0.3, 0.4) is 0 Å². The summed E-state index contributed by atoms with van der Waals surface area (Å²) >= 11 is 5.79. The van der Waals surface area contributed by atoms with Gasteiger partial charge in [0.05, 0.1) is 5.56 Å². The van der Waals surface area contributed by atoms with Crippen LogP contribution in [0, 0.1) is 11.3 Å². The highest BCUT2D eigenvalue weighted by Crippen LogP contribution is 2.10. The van der Waals surface area contributed by atoms with Gasteiger partial charge in [0.1, 0.15) is 11.6 Å². The van der Waals surface area contributed by atoms with Crippen LogP contribution < -0.4 is 16.4 Å². The molecule has 2 aromatic carbocycles. The Kier molecular flexibility index (Phi) is 6.15. The largest absolute Gasteiger partial charge is 0.398 e. The van der Waals surface area contributed by atoms with E-state index in [-0.39, 0.29) is 17.7 Å². The number of nitrogens with two attached hydrogens (primary N) is 1. The molecule has 0 aliphatic carbocycles. The number of halogens is 1. The van der Waals surface area contributed by atoms with E-state index in [0.29, 0.717) is 10.7 Å². The zero-order valence-electron chi connectivity index (χ0n) is 13.1. The molecule has 0 spiro atoms. The van der Waals surface area contributed by atoms with Gasteiger partial charge >= 0.3 is 0 Å². The Bertz CT molecular complexity index is 854. The lowest BCUT2D eigenvalue weighted by Crippen LogP contribution is -2.26. The van der Waals surface area contributed by atoms with E-state index in [1.165, 1.54) is 0 Å². The standard InChI is InChI=1S/C18H15ClN4O2/c19-14-7-5-12(6-8-14)10-22-17(24)13(9-20)11-23-18(25)15-3-1-2-4-16(15)21/h1-8,11H,10,21H2,(H,22,24)(H,23,25)/b13-11-. The van der Waals surface area contributed by atoms with E-state index < -0.39 is 11.8 Å². The molecule has 0 saturated heterocycles. The van der Waals surface area contributed by atoms with Gasteiger partial charge < -0.3 is 16.4 Å². The molecule has 126 valence electrons. The topological polar surface area (TPSA) is 108 Å². The van der Waals surface area contributed by atoms with Gasteiger partial charge in [-0.1, -0.05) is 35.9 Å². The van der Waals surface area contributed by atoms with Gasteiger partial charge in [0.25, 0.3) is 11.8 Å². The number of carbonyl (C=O) groups is 2. The van der Waals surface area contributed by atoms with Crippen molar-refractivity contribution in [1.82, 2.24) is 10.6 Å². The zero-order valence-corrected chi connectivity index (χ0v) is 13.9. The predicted octanol–water partition coefficient (Wildman–Crippen LogP) is 2.38. The van der Waals surface area contributed by atoms with Crippen LogP contribution >= 0.6 is 11.6 Å². The number of nitrogen functional groups attached to an aromatic ring is 1. The molecule has 0 unspecified atom stereocenters. The van der Waals surface area contributed by atoms with E-state index in [0.717, 1.165) is 11.8 Å². The van der Waals surface area contributed by atoms with Crippen molar-refractivity contribution in [2.75, 3.05) is 5.73 Å². The summed E-state index contributed by atoms with van der Waals surface area (Å²) in [6.45, 7) is 0.231. The number of carbonyl (C=O) groups excluding carboxylic acids is 2. The van der Waals surface area contributed by atoms with Crippen LogP contribution in [-0.2, 0) is 11.3 Å². The first-order chi connectivity index (χ1) is 12.0. The summed E-state index contributed by atoms with van der Waals surface area (Å²) in [6, 6.07) is 15.2. The molecular weight excluding hydrogens is 340 g/mol. The van der Waals surface area contributed by atoms with Crippen molar-refractivity contribution >= 4 is 29.1 Å². The number of nitriles is 1. The maximum absolute atomic E-state index is 12.0. The van der Waals surface area contributed by atoms with Crippen LogP contribution in [0.1, 0.15) is 15.9 Å². The first-order valence-corrected chi connectivity index (χ1v) is 7.67. The monoisotopic (exact) mass is 354 g/mol. The highest BCUT2D eigenvalue weighted by molar-refractivity contribution is 6.30. The first-order valence-electron chi connectivity index (χ1n) is 7.29. The summed E-state index contributed by atoms with van der Waals surface area (Å²) < 4.78 is 0. The third-order valence-corrected chi connectivity index (χ3v) is 3.54. The molecule has 6 nitrogen and oxygen atoms in total. The molecule has 25 heavy (non-hydrogen) atoms. The molecule has 0 bridgehead atoms. The number of hydrogen-bond donors (Lipinski definition) is 3. The molecule has 0 saturated carbocycles. The number of benzene rings is 2. The van der Waals surface area contributed by atoms with Crippen LogP contribution in [0.2, 0.25) is 5.02 Å². The minimum atomic E-state index is -0.598. The number of nitrogens with one attached hydrogen (secondary N) is 2. The molecule has 0 aliphatic heterocycles. The van der Waals surface area contributed by atoms with Crippen molar-refractivity contribution in [2.45, 2.75) is 6.54 Å². The number of amides is 2. The summed E-state index contributed by atoms with van der Waals surface area (Å²) in [6.07, 6.45) is 1.06. The molecule has 0 aromatic heterocycles. The second kappa shape index (κ2) is 8.52. The Hall–Kier alpha value is -3.30. The van der Waals surface area contributed by atoms with Crippen molar-refractivity contribution in [3.63, 3.8) is 0 Å².